The molecule has 78 valence electrons. The van der Waals surface area contributed by atoms with Gasteiger partial charge in [0, 0.05) is 5.33 Å². The Bertz CT molecular complexity index is 428. The van der Waals surface area contributed by atoms with Crippen molar-refractivity contribution < 1.29 is 8.42 Å². The molecule has 0 spiro atoms. The summed E-state index contributed by atoms with van der Waals surface area (Å²) in [4.78, 5) is 0. The molecular formula is C7H10BrN3O2S. The molecule has 0 radical (unpaired) electrons. The van der Waals surface area contributed by atoms with Gasteiger partial charge in [0.1, 0.15) is 0 Å². The maximum absolute atomic E-state index is 11.3. The third-order valence-corrected chi connectivity index (χ3v) is 4.67. The second kappa shape index (κ2) is 3.62. The van der Waals surface area contributed by atoms with Gasteiger partial charge in [-0.25, -0.2) is 13.1 Å². The van der Waals surface area contributed by atoms with Gasteiger partial charge in [-0.3, -0.25) is 0 Å². The van der Waals surface area contributed by atoms with Crippen LogP contribution in [0, 0.1) is 0 Å². The lowest BCUT2D eigenvalue weighted by Gasteiger charge is -2.09. The Kier molecular flexibility index (Phi) is 2.61. The Morgan fingerprint density at radius 3 is 3.00 bits per heavy atom. The average molecular weight is 280 g/mol. The molecule has 14 heavy (non-hydrogen) atoms. The molecule has 1 aromatic rings. The number of hydrogen-bond acceptors (Lipinski definition) is 4. The van der Waals surface area contributed by atoms with Crippen molar-refractivity contribution in [2.24, 2.45) is 0 Å². The van der Waals surface area contributed by atoms with E-state index in [4.69, 9.17) is 0 Å². The van der Waals surface area contributed by atoms with Gasteiger partial charge in [0.25, 0.3) is 0 Å². The zero-order valence-electron chi connectivity index (χ0n) is 7.43. The van der Waals surface area contributed by atoms with Crippen molar-refractivity contribution in [3.05, 3.63) is 11.9 Å². The highest BCUT2D eigenvalue weighted by atomic mass is 79.9. The predicted molar refractivity (Wildman–Crippen MR) is 55.0 cm³/mol. The van der Waals surface area contributed by atoms with Crippen LogP contribution in [0.3, 0.4) is 0 Å². The van der Waals surface area contributed by atoms with E-state index in [2.05, 4.69) is 26.2 Å². The van der Waals surface area contributed by atoms with Crippen molar-refractivity contribution in [3.8, 4) is 0 Å². The molecule has 1 aromatic heterocycles. The van der Waals surface area contributed by atoms with Crippen LogP contribution in [0.15, 0.2) is 6.20 Å². The molecule has 2 rings (SSSR count). The standard InChI is InChI=1S/C7H10BrN3O2S/c8-3-7-4-9-10-11(7)6-1-2-14(12,13)5-6/h4,6H,1-3,5H2. The molecule has 1 saturated heterocycles. The smallest absolute Gasteiger partial charge is 0.152 e. The minimum atomic E-state index is -2.85. The number of halogens is 1. The highest BCUT2D eigenvalue weighted by Crippen LogP contribution is 2.24. The van der Waals surface area contributed by atoms with Gasteiger partial charge in [0.05, 0.1) is 29.4 Å². The Balaban J connectivity index is 2.25. The first-order valence-corrected chi connectivity index (χ1v) is 7.22. The molecule has 2 heterocycles. The van der Waals surface area contributed by atoms with Crippen LogP contribution in [-0.2, 0) is 15.2 Å². The molecule has 1 fully saturated rings. The van der Waals surface area contributed by atoms with Crippen LogP contribution in [0.4, 0.5) is 0 Å². The lowest BCUT2D eigenvalue weighted by atomic mass is 10.2. The van der Waals surface area contributed by atoms with Gasteiger partial charge in [0.15, 0.2) is 9.84 Å². The maximum atomic E-state index is 11.3. The van der Waals surface area contributed by atoms with E-state index in [-0.39, 0.29) is 17.5 Å². The zero-order valence-corrected chi connectivity index (χ0v) is 9.83. The van der Waals surface area contributed by atoms with Crippen LogP contribution < -0.4 is 0 Å². The number of hydrogen-bond donors (Lipinski definition) is 0. The van der Waals surface area contributed by atoms with Crippen LogP contribution in [0.25, 0.3) is 0 Å². The molecule has 0 amide bonds. The minimum Gasteiger partial charge on any atom is -0.244 e. The summed E-state index contributed by atoms with van der Waals surface area (Å²) in [7, 11) is -2.85. The van der Waals surface area contributed by atoms with Gasteiger partial charge in [-0.1, -0.05) is 21.1 Å². The van der Waals surface area contributed by atoms with Crippen LogP contribution in [-0.4, -0.2) is 34.9 Å². The summed E-state index contributed by atoms with van der Waals surface area (Å²) in [5.74, 6) is 0.454. The molecular weight excluding hydrogens is 270 g/mol. The SMILES string of the molecule is O=S1(=O)CCC(n2nncc2CBr)C1. The van der Waals surface area contributed by atoms with Crippen LogP contribution in [0.5, 0.6) is 0 Å². The second-order valence-electron chi connectivity index (χ2n) is 3.36. The number of aromatic nitrogens is 3. The van der Waals surface area contributed by atoms with Crippen molar-refractivity contribution in [2.45, 2.75) is 17.8 Å². The van der Waals surface area contributed by atoms with E-state index in [0.717, 1.165) is 5.69 Å². The number of alkyl halides is 1. The van der Waals surface area contributed by atoms with E-state index < -0.39 is 9.84 Å². The largest absolute Gasteiger partial charge is 0.244 e. The Morgan fingerprint density at radius 2 is 2.43 bits per heavy atom. The second-order valence-corrected chi connectivity index (χ2v) is 6.15. The molecule has 1 aliphatic heterocycles. The number of rotatable bonds is 2. The molecule has 0 saturated carbocycles. The maximum Gasteiger partial charge on any atom is 0.152 e. The quantitative estimate of drug-likeness (QED) is 0.741. The van der Waals surface area contributed by atoms with Gasteiger partial charge in [-0.15, -0.1) is 5.10 Å². The summed E-state index contributed by atoms with van der Waals surface area (Å²) in [6.07, 6.45) is 2.30. The molecule has 0 bridgehead atoms. The molecule has 1 aliphatic rings. The van der Waals surface area contributed by atoms with E-state index in [0.29, 0.717) is 11.8 Å². The molecule has 7 heteroatoms. The highest BCUT2D eigenvalue weighted by Gasteiger charge is 2.30. The lowest BCUT2D eigenvalue weighted by Crippen LogP contribution is -2.14. The summed E-state index contributed by atoms with van der Waals surface area (Å²) in [6, 6.07) is -0.0324. The summed E-state index contributed by atoms with van der Waals surface area (Å²) in [5, 5.41) is 8.33. The number of nitrogens with zero attached hydrogens (tertiary/aromatic N) is 3. The Hall–Kier alpha value is -0.430. The minimum absolute atomic E-state index is 0.0324. The van der Waals surface area contributed by atoms with E-state index in [1.807, 2.05) is 0 Å². The zero-order chi connectivity index (χ0) is 10.2. The fourth-order valence-corrected chi connectivity index (χ4v) is 3.73. The predicted octanol–water partition coefficient (Wildman–Crippen LogP) is 0.533. The van der Waals surface area contributed by atoms with E-state index >= 15 is 0 Å². The third-order valence-electron chi connectivity index (χ3n) is 2.34. The summed E-state index contributed by atoms with van der Waals surface area (Å²) < 4.78 is 24.2. The summed E-state index contributed by atoms with van der Waals surface area (Å²) in [6.45, 7) is 0. The molecule has 0 aromatic carbocycles. The fourth-order valence-electron chi connectivity index (χ4n) is 1.64. The van der Waals surface area contributed by atoms with Gasteiger partial charge in [-0.05, 0) is 6.42 Å². The normalized spacial score (nSPS) is 25.4. The summed E-state index contributed by atoms with van der Waals surface area (Å²) >= 11 is 3.31. The van der Waals surface area contributed by atoms with Crippen molar-refractivity contribution in [2.75, 3.05) is 11.5 Å². The van der Waals surface area contributed by atoms with Crippen molar-refractivity contribution in [1.82, 2.24) is 15.0 Å². The Morgan fingerprint density at radius 1 is 1.64 bits per heavy atom. The molecule has 5 nitrogen and oxygen atoms in total. The first kappa shape index (κ1) is 10.1. The first-order chi connectivity index (χ1) is 6.62. The van der Waals surface area contributed by atoms with Gasteiger partial charge < -0.3 is 0 Å². The first-order valence-electron chi connectivity index (χ1n) is 4.28. The van der Waals surface area contributed by atoms with E-state index in [1.165, 1.54) is 0 Å². The van der Waals surface area contributed by atoms with Gasteiger partial charge >= 0.3 is 0 Å². The molecule has 1 unspecified atom stereocenters. The molecule has 0 aliphatic carbocycles. The van der Waals surface area contributed by atoms with E-state index in [9.17, 15) is 8.42 Å². The van der Waals surface area contributed by atoms with Crippen molar-refractivity contribution >= 4 is 25.8 Å². The van der Waals surface area contributed by atoms with E-state index in [1.54, 1.807) is 10.9 Å². The third kappa shape index (κ3) is 1.83. The highest BCUT2D eigenvalue weighted by molar-refractivity contribution is 9.08. The number of sulfone groups is 1. The van der Waals surface area contributed by atoms with Crippen LogP contribution >= 0.6 is 15.9 Å². The average Bonchev–Trinajstić information content (AvgIpc) is 2.70. The van der Waals surface area contributed by atoms with Crippen LogP contribution in [0.2, 0.25) is 0 Å². The van der Waals surface area contributed by atoms with Crippen LogP contribution in [0.1, 0.15) is 18.2 Å². The van der Waals surface area contributed by atoms with Gasteiger partial charge in [-0.2, -0.15) is 0 Å². The van der Waals surface area contributed by atoms with Gasteiger partial charge in [0.2, 0.25) is 0 Å². The molecule has 0 N–H and O–H groups in total. The summed E-state index contributed by atoms with van der Waals surface area (Å²) in [5.41, 5.74) is 0.923. The van der Waals surface area contributed by atoms with Crippen molar-refractivity contribution in [3.63, 3.8) is 0 Å². The van der Waals surface area contributed by atoms with Crippen molar-refractivity contribution in [1.29, 1.82) is 0 Å². The molecule has 1 atom stereocenters. The lowest BCUT2D eigenvalue weighted by molar-refractivity contribution is 0.473. The fraction of sp³-hybridized carbons (Fsp3) is 0.714. The topological polar surface area (TPSA) is 64.8 Å². The monoisotopic (exact) mass is 279 g/mol. The Labute approximate surface area is 90.5 Å².